The maximum Gasteiger partial charge on any atom is 0.260 e. The van der Waals surface area contributed by atoms with Crippen LogP contribution < -0.4 is 9.62 Å². The van der Waals surface area contributed by atoms with Crippen LogP contribution in [0.4, 0.5) is 15.8 Å². The average molecular weight is 369 g/mol. The number of carbonyl (C=O) groups excluding carboxylic acids is 1. The second kappa shape index (κ2) is 6.07. The first-order valence-electron chi connectivity index (χ1n) is 7.13. The number of nitrogens with one attached hydrogen (secondary N) is 1. The van der Waals surface area contributed by atoms with E-state index in [-0.39, 0.29) is 10.6 Å². The first kappa shape index (κ1) is 16.7. The second-order valence-electron chi connectivity index (χ2n) is 5.48. The Morgan fingerprint density at radius 1 is 1.29 bits per heavy atom. The van der Waals surface area contributed by atoms with Gasteiger partial charge in [-0.25, -0.2) is 12.8 Å². The molecule has 0 spiro atoms. The molecule has 1 aliphatic heterocycles. The normalized spacial score (nSPS) is 13.7. The van der Waals surface area contributed by atoms with Crippen LogP contribution in [0.15, 0.2) is 36.4 Å². The highest BCUT2D eigenvalue weighted by atomic mass is 35.5. The fraction of sp³-hybridized carbons (Fsp3) is 0.188. The van der Waals surface area contributed by atoms with Crippen LogP contribution in [0.3, 0.4) is 0 Å². The van der Waals surface area contributed by atoms with Crippen molar-refractivity contribution in [3.05, 3.63) is 58.4 Å². The average Bonchev–Trinajstić information content (AvgIpc) is 2.90. The van der Waals surface area contributed by atoms with Gasteiger partial charge in [-0.15, -0.1) is 0 Å². The highest BCUT2D eigenvalue weighted by Gasteiger charge is 2.26. The van der Waals surface area contributed by atoms with E-state index in [9.17, 15) is 17.6 Å². The van der Waals surface area contributed by atoms with Crippen molar-refractivity contribution in [3.8, 4) is 0 Å². The number of anilines is 2. The summed E-state index contributed by atoms with van der Waals surface area (Å²) < 4.78 is 38.7. The monoisotopic (exact) mass is 368 g/mol. The number of hydrogen-bond acceptors (Lipinski definition) is 3. The van der Waals surface area contributed by atoms with Crippen LogP contribution in [0.1, 0.15) is 15.9 Å². The number of amides is 1. The SMILES string of the molecule is CS(=O)(=O)N1CCc2ccc(NC(=O)c3c(F)cccc3Cl)cc21. The van der Waals surface area contributed by atoms with E-state index < -0.39 is 21.7 Å². The number of nitrogens with zero attached hydrogens (tertiary/aromatic N) is 1. The van der Waals surface area contributed by atoms with E-state index >= 15 is 0 Å². The summed E-state index contributed by atoms with van der Waals surface area (Å²) in [5.74, 6) is -1.42. The molecule has 0 fully saturated rings. The Morgan fingerprint density at radius 3 is 2.71 bits per heavy atom. The molecule has 1 amide bonds. The van der Waals surface area contributed by atoms with Crippen molar-refractivity contribution in [1.82, 2.24) is 0 Å². The summed E-state index contributed by atoms with van der Waals surface area (Å²) in [5, 5.41) is 2.56. The molecule has 1 aliphatic rings. The first-order chi connectivity index (χ1) is 11.3. The minimum atomic E-state index is -3.39. The molecule has 1 N–H and O–H groups in total. The van der Waals surface area contributed by atoms with Crippen LogP contribution in [0.5, 0.6) is 0 Å². The number of rotatable bonds is 3. The molecule has 0 aliphatic carbocycles. The lowest BCUT2D eigenvalue weighted by Gasteiger charge is -2.17. The van der Waals surface area contributed by atoms with Gasteiger partial charge in [-0.1, -0.05) is 23.7 Å². The summed E-state index contributed by atoms with van der Waals surface area (Å²) in [5.41, 5.74) is 1.52. The molecular weight excluding hydrogens is 355 g/mol. The minimum Gasteiger partial charge on any atom is -0.322 e. The maximum absolute atomic E-state index is 13.8. The largest absolute Gasteiger partial charge is 0.322 e. The Hall–Kier alpha value is -2.12. The molecule has 1 heterocycles. The molecule has 0 atom stereocenters. The molecule has 0 unspecified atom stereocenters. The molecule has 0 saturated heterocycles. The van der Waals surface area contributed by atoms with E-state index in [0.717, 1.165) is 17.9 Å². The highest BCUT2D eigenvalue weighted by molar-refractivity contribution is 7.92. The van der Waals surface area contributed by atoms with E-state index in [2.05, 4.69) is 5.32 Å². The molecule has 0 aromatic heterocycles. The zero-order chi connectivity index (χ0) is 17.5. The predicted molar refractivity (Wildman–Crippen MR) is 91.7 cm³/mol. The van der Waals surface area contributed by atoms with Crippen molar-refractivity contribution in [3.63, 3.8) is 0 Å². The minimum absolute atomic E-state index is 0.00595. The van der Waals surface area contributed by atoms with E-state index in [1.165, 1.54) is 16.4 Å². The van der Waals surface area contributed by atoms with Gasteiger partial charge in [0.05, 0.1) is 22.5 Å². The molecule has 126 valence electrons. The third kappa shape index (κ3) is 3.09. The van der Waals surface area contributed by atoms with Crippen molar-refractivity contribution >= 4 is 38.9 Å². The maximum atomic E-state index is 13.8. The summed E-state index contributed by atoms with van der Waals surface area (Å²) in [7, 11) is -3.39. The molecule has 2 aromatic rings. The second-order valence-corrected chi connectivity index (χ2v) is 7.79. The molecule has 0 radical (unpaired) electrons. The summed E-state index contributed by atoms with van der Waals surface area (Å²) in [6.45, 7) is 0.366. The van der Waals surface area contributed by atoms with Gasteiger partial charge in [-0.05, 0) is 36.2 Å². The number of carbonyl (C=O) groups is 1. The Kier molecular flexibility index (Phi) is 4.23. The Labute approximate surface area is 144 Å². The van der Waals surface area contributed by atoms with E-state index in [0.29, 0.717) is 24.3 Å². The van der Waals surface area contributed by atoms with Gasteiger partial charge in [0.2, 0.25) is 10.0 Å². The van der Waals surface area contributed by atoms with Gasteiger partial charge in [-0.2, -0.15) is 0 Å². The van der Waals surface area contributed by atoms with Crippen molar-refractivity contribution < 1.29 is 17.6 Å². The molecule has 0 bridgehead atoms. The lowest BCUT2D eigenvalue weighted by Crippen LogP contribution is -2.27. The predicted octanol–water partition coefficient (Wildman–Crippen LogP) is 3.05. The van der Waals surface area contributed by atoms with Crippen LogP contribution in [0, 0.1) is 5.82 Å². The van der Waals surface area contributed by atoms with E-state index in [1.54, 1.807) is 18.2 Å². The van der Waals surface area contributed by atoms with Crippen molar-refractivity contribution in [2.45, 2.75) is 6.42 Å². The third-order valence-electron chi connectivity index (χ3n) is 3.79. The summed E-state index contributed by atoms with van der Waals surface area (Å²) >= 11 is 5.88. The molecule has 5 nitrogen and oxygen atoms in total. The lowest BCUT2D eigenvalue weighted by atomic mass is 10.1. The topological polar surface area (TPSA) is 66.5 Å². The number of sulfonamides is 1. The standard InChI is InChI=1S/C16H14ClFN2O3S/c1-24(22,23)20-8-7-10-5-6-11(9-14(10)20)19-16(21)15-12(17)3-2-4-13(15)18/h2-6,9H,7-8H2,1H3,(H,19,21). The summed E-state index contributed by atoms with van der Waals surface area (Å²) in [4.78, 5) is 12.3. The van der Waals surface area contributed by atoms with Gasteiger partial charge < -0.3 is 5.32 Å². The quantitative estimate of drug-likeness (QED) is 0.905. The fourth-order valence-corrected chi connectivity index (χ4v) is 3.88. The molecular formula is C16H14ClFN2O3S. The molecule has 24 heavy (non-hydrogen) atoms. The first-order valence-corrected chi connectivity index (χ1v) is 9.36. The number of fused-ring (bicyclic) bond motifs is 1. The fourth-order valence-electron chi connectivity index (χ4n) is 2.68. The van der Waals surface area contributed by atoms with Crippen molar-refractivity contribution in [2.24, 2.45) is 0 Å². The molecule has 0 saturated carbocycles. The van der Waals surface area contributed by atoms with Gasteiger partial charge in [0.25, 0.3) is 5.91 Å². The van der Waals surface area contributed by atoms with Crippen LogP contribution in [-0.2, 0) is 16.4 Å². The van der Waals surface area contributed by atoms with Gasteiger partial charge in [-0.3, -0.25) is 9.10 Å². The van der Waals surface area contributed by atoms with Crippen LogP contribution in [0.25, 0.3) is 0 Å². The zero-order valence-corrected chi connectivity index (χ0v) is 14.3. The number of benzene rings is 2. The third-order valence-corrected chi connectivity index (χ3v) is 5.28. The Balaban J connectivity index is 1.91. The molecule has 8 heteroatoms. The highest BCUT2D eigenvalue weighted by Crippen LogP contribution is 2.33. The van der Waals surface area contributed by atoms with Crippen LogP contribution in [-0.4, -0.2) is 27.1 Å². The van der Waals surface area contributed by atoms with E-state index in [4.69, 9.17) is 11.6 Å². The van der Waals surface area contributed by atoms with Gasteiger partial charge >= 0.3 is 0 Å². The van der Waals surface area contributed by atoms with Crippen molar-refractivity contribution in [1.29, 1.82) is 0 Å². The van der Waals surface area contributed by atoms with Crippen LogP contribution >= 0.6 is 11.6 Å². The smallest absolute Gasteiger partial charge is 0.260 e. The van der Waals surface area contributed by atoms with Crippen LogP contribution in [0.2, 0.25) is 5.02 Å². The molecule has 2 aromatic carbocycles. The summed E-state index contributed by atoms with van der Waals surface area (Å²) in [6, 6.07) is 8.95. The number of hydrogen-bond donors (Lipinski definition) is 1. The van der Waals surface area contributed by atoms with Gasteiger partial charge in [0, 0.05) is 12.2 Å². The lowest BCUT2D eigenvalue weighted by molar-refractivity contribution is 0.102. The van der Waals surface area contributed by atoms with Gasteiger partial charge in [0.1, 0.15) is 5.82 Å². The van der Waals surface area contributed by atoms with E-state index in [1.807, 2.05) is 0 Å². The Morgan fingerprint density at radius 2 is 2.04 bits per heavy atom. The van der Waals surface area contributed by atoms with Gasteiger partial charge in [0.15, 0.2) is 0 Å². The molecule has 3 rings (SSSR count). The summed E-state index contributed by atoms with van der Waals surface area (Å²) in [6.07, 6.45) is 1.74. The number of halogens is 2. The zero-order valence-electron chi connectivity index (χ0n) is 12.7. The Bertz CT molecular complexity index is 911. The van der Waals surface area contributed by atoms with Crippen molar-refractivity contribution in [2.75, 3.05) is 22.4 Å².